The topological polar surface area (TPSA) is 55.3 Å². The zero-order chi connectivity index (χ0) is 20.2. The number of aryl methyl sites for hydroxylation is 1. The van der Waals surface area contributed by atoms with Crippen LogP contribution in [0.5, 0.6) is 5.75 Å². The first-order valence-corrected chi connectivity index (χ1v) is 9.39. The standard InChI is InChI=1S/C24H21N3O2/c1-17-23(26-22-11-7-6-10-21(22)25-17)16-27(19-12-14-20(29-2)15-13-19)24(28)18-8-4-3-5-9-18/h3-15H,16H2,1-2H3. The van der Waals surface area contributed by atoms with Gasteiger partial charge in [-0.3, -0.25) is 4.79 Å². The van der Waals surface area contributed by atoms with E-state index >= 15 is 0 Å². The monoisotopic (exact) mass is 383 g/mol. The van der Waals surface area contributed by atoms with E-state index in [9.17, 15) is 4.79 Å². The number of anilines is 1. The molecule has 0 aliphatic rings. The molecule has 5 heteroatoms. The van der Waals surface area contributed by atoms with Gasteiger partial charge in [0.1, 0.15) is 5.75 Å². The average molecular weight is 383 g/mol. The molecule has 1 amide bonds. The Kier molecular flexibility index (Phi) is 5.20. The minimum Gasteiger partial charge on any atom is -0.497 e. The van der Waals surface area contributed by atoms with Crippen LogP contribution in [0.2, 0.25) is 0 Å². The van der Waals surface area contributed by atoms with Crippen LogP contribution in [0, 0.1) is 6.92 Å². The number of aromatic nitrogens is 2. The molecule has 0 fully saturated rings. The first-order chi connectivity index (χ1) is 14.2. The number of carbonyl (C=O) groups excluding carboxylic acids is 1. The van der Waals surface area contributed by atoms with Crippen LogP contribution in [0.1, 0.15) is 21.7 Å². The summed E-state index contributed by atoms with van der Waals surface area (Å²) >= 11 is 0. The molecule has 0 N–H and O–H groups in total. The highest BCUT2D eigenvalue weighted by Crippen LogP contribution is 2.24. The minimum absolute atomic E-state index is 0.0925. The smallest absolute Gasteiger partial charge is 0.258 e. The van der Waals surface area contributed by atoms with Gasteiger partial charge in [-0.2, -0.15) is 0 Å². The number of hydrogen-bond donors (Lipinski definition) is 0. The van der Waals surface area contributed by atoms with Crippen LogP contribution in [-0.2, 0) is 6.54 Å². The Morgan fingerprint density at radius 3 is 2.14 bits per heavy atom. The number of carbonyl (C=O) groups is 1. The number of methoxy groups -OCH3 is 1. The minimum atomic E-state index is -0.0925. The van der Waals surface area contributed by atoms with E-state index in [1.165, 1.54) is 0 Å². The predicted molar refractivity (Wildman–Crippen MR) is 114 cm³/mol. The maximum atomic E-state index is 13.3. The SMILES string of the molecule is COc1ccc(N(Cc2nc3ccccc3nc2C)C(=O)c2ccccc2)cc1. The maximum absolute atomic E-state index is 13.3. The van der Waals surface area contributed by atoms with E-state index < -0.39 is 0 Å². The summed E-state index contributed by atoms with van der Waals surface area (Å²) in [6, 6.07) is 24.5. The summed E-state index contributed by atoms with van der Waals surface area (Å²) < 4.78 is 5.25. The van der Waals surface area contributed by atoms with Crippen molar-refractivity contribution < 1.29 is 9.53 Å². The van der Waals surface area contributed by atoms with E-state index in [1.54, 1.807) is 12.0 Å². The fraction of sp³-hybridized carbons (Fsp3) is 0.125. The Hall–Kier alpha value is -3.73. The third-order valence-corrected chi connectivity index (χ3v) is 4.80. The molecule has 144 valence electrons. The van der Waals surface area contributed by atoms with Gasteiger partial charge in [0.15, 0.2) is 0 Å². The lowest BCUT2D eigenvalue weighted by molar-refractivity contribution is 0.0984. The van der Waals surface area contributed by atoms with Gasteiger partial charge in [0.25, 0.3) is 5.91 Å². The van der Waals surface area contributed by atoms with Gasteiger partial charge < -0.3 is 9.64 Å². The summed E-state index contributed by atoms with van der Waals surface area (Å²) in [4.78, 5) is 24.5. The number of fused-ring (bicyclic) bond motifs is 1. The van der Waals surface area contributed by atoms with Crippen molar-refractivity contribution in [3.63, 3.8) is 0 Å². The van der Waals surface area contributed by atoms with Gasteiger partial charge in [0.05, 0.1) is 36.1 Å². The molecule has 5 nitrogen and oxygen atoms in total. The quantitative estimate of drug-likeness (QED) is 0.497. The van der Waals surface area contributed by atoms with Gasteiger partial charge in [-0.25, -0.2) is 9.97 Å². The summed E-state index contributed by atoms with van der Waals surface area (Å²) in [5.41, 5.74) is 4.63. The molecule has 4 aromatic rings. The normalized spacial score (nSPS) is 10.7. The van der Waals surface area contributed by atoms with E-state index in [2.05, 4.69) is 4.98 Å². The maximum Gasteiger partial charge on any atom is 0.258 e. The van der Waals surface area contributed by atoms with E-state index in [-0.39, 0.29) is 5.91 Å². The third-order valence-electron chi connectivity index (χ3n) is 4.80. The van der Waals surface area contributed by atoms with Gasteiger partial charge in [0.2, 0.25) is 0 Å². The highest BCUT2D eigenvalue weighted by atomic mass is 16.5. The molecule has 4 rings (SSSR count). The molecule has 29 heavy (non-hydrogen) atoms. The highest BCUT2D eigenvalue weighted by molar-refractivity contribution is 6.06. The van der Waals surface area contributed by atoms with E-state index in [4.69, 9.17) is 9.72 Å². The Morgan fingerprint density at radius 1 is 0.862 bits per heavy atom. The van der Waals surface area contributed by atoms with Crippen molar-refractivity contribution in [1.29, 1.82) is 0 Å². The lowest BCUT2D eigenvalue weighted by Gasteiger charge is -2.23. The van der Waals surface area contributed by atoms with Gasteiger partial charge in [-0.1, -0.05) is 30.3 Å². The van der Waals surface area contributed by atoms with Crippen molar-refractivity contribution in [1.82, 2.24) is 9.97 Å². The summed E-state index contributed by atoms with van der Waals surface area (Å²) in [6.07, 6.45) is 0. The molecule has 1 heterocycles. The van der Waals surface area contributed by atoms with Crippen molar-refractivity contribution in [2.24, 2.45) is 0 Å². The highest BCUT2D eigenvalue weighted by Gasteiger charge is 2.20. The van der Waals surface area contributed by atoms with Crippen LogP contribution in [-0.4, -0.2) is 23.0 Å². The van der Waals surface area contributed by atoms with E-state index in [0.29, 0.717) is 12.1 Å². The fourth-order valence-electron chi connectivity index (χ4n) is 3.20. The molecular formula is C24H21N3O2. The van der Waals surface area contributed by atoms with E-state index in [0.717, 1.165) is 33.9 Å². The summed E-state index contributed by atoms with van der Waals surface area (Å²) in [6.45, 7) is 2.25. The van der Waals surface area contributed by atoms with Crippen molar-refractivity contribution in [3.05, 3.63) is 95.8 Å². The number of hydrogen-bond acceptors (Lipinski definition) is 4. The molecule has 0 spiro atoms. The van der Waals surface area contributed by atoms with Gasteiger partial charge in [0, 0.05) is 11.3 Å². The van der Waals surface area contributed by atoms with Crippen LogP contribution in [0.25, 0.3) is 11.0 Å². The van der Waals surface area contributed by atoms with Crippen LogP contribution in [0.15, 0.2) is 78.9 Å². The molecule has 0 unspecified atom stereocenters. The van der Waals surface area contributed by atoms with Gasteiger partial charge >= 0.3 is 0 Å². The Morgan fingerprint density at radius 2 is 1.48 bits per heavy atom. The molecule has 0 atom stereocenters. The second-order valence-electron chi connectivity index (χ2n) is 6.70. The number of ether oxygens (including phenoxy) is 1. The lowest BCUT2D eigenvalue weighted by atomic mass is 10.1. The number of benzene rings is 3. The summed E-state index contributed by atoms with van der Waals surface area (Å²) in [7, 11) is 1.62. The van der Waals surface area contributed by atoms with Crippen molar-refractivity contribution >= 4 is 22.6 Å². The number of nitrogens with zero attached hydrogens (tertiary/aromatic N) is 3. The fourth-order valence-corrected chi connectivity index (χ4v) is 3.20. The molecule has 0 aliphatic heterocycles. The third kappa shape index (κ3) is 3.94. The van der Waals surface area contributed by atoms with Crippen LogP contribution >= 0.6 is 0 Å². The van der Waals surface area contributed by atoms with Gasteiger partial charge in [-0.05, 0) is 55.5 Å². The Balaban J connectivity index is 1.75. The second kappa shape index (κ2) is 8.10. The molecule has 1 aromatic heterocycles. The molecule has 0 aliphatic carbocycles. The first-order valence-electron chi connectivity index (χ1n) is 9.39. The number of para-hydroxylation sites is 2. The second-order valence-corrected chi connectivity index (χ2v) is 6.70. The predicted octanol–water partition coefficient (Wildman–Crippen LogP) is 4.79. The molecule has 0 radical (unpaired) electrons. The molecular weight excluding hydrogens is 362 g/mol. The zero-order valence-electron chi connectivity index (χ0n) is 16.4. The Bertz CT molecular complexity index is 1140. The lowest BCUT2D eigenvalue weighted by Crippen LogP contribution is -2.31. The zero-order valence-corrected chi connectivity index (χ0v) is 16.4. The summed E-state index contributed by atoms with van der Waals surface area (Å²) in [5, 5.41) is 0. The number of rotatable bonds is 5. The largest absolute Gasteiger partial charge is 0.497 e. The van der Waals surface area contributed by atoms with Crippen molar-refractivity contribution in [3.8, 4) is 5.75 Å². The Labute approximate surface area is 169 Å². The summed E-state index contributed by atoms with van der Waals surface area (Å²) in [5.74, 6) is 0.646. The van der Waals surface area contributed by atoms with Crippen LogP contribution < -0.4 is 9.64 Å². The average Bonchev–Trinajstić information content (AvgIpc) is 2.78. The number of amides is 1. The molecule has 3 aromatic carbocycles. The van der Waals surface area contributed by atoms with E-state index in [1.807, 2.05) is 85.8 Å². The molecule has 0 bridgehead atoms. The van der Waals surface area contributed by atoms with Crippen molar-refractivity contribution in [2.45, 2.75) is 13.5 Å². The molecule has 0 saturated carbocycles. The van der Waals surface area contributed by atoms with Crippen LogP contribution in [0.4, 0.5) is 5.69 Å². The van der Waals surface area contributed by atoms with Gasteiger partial charge in [-0.15, -0.1) is 0 Å². The van der Waals surface area contributed by atoms with Crippen LogP contribution in [0.3, 0.4) is 0 Å². The van der Waals surface area contributed by atoms with Crippen molar-refractivity contribution in [2.75, 3.05) is 12.0 Å². The first kappa shape index (κ1) is 18.6. The molecule has 0 saturated heterocycles.